The van der Waals surface area contributed by atoms with Crippen molar-refractivity contribution >= 4 is 5.78 Å². The first kappa shape index (κ1) is 15.8. The van der Waals surface area contributed by atoms with Crippen LogP contribution in [-0.2, 0) is 4.79 Å². The van der Waals surface area contributed by atoms with Crippen LogP contribution >= 0.6 is 0 Å². The Morgan fingerprint density at radius 1 is 1.08 bits per heavy atom. The number of imidazole rings is 1. The second-order valence-corrected chi connectivity index (χ2v) is 9.62. The minimum Gasteiger partial charge on any atom is -0.334 e. The lowest BCUT2D eigenvalue weighted by atomic mass is 9.47. The minimum atomic E-state index is 0.297. The van der Waals surface area contributed by atoms with Crippen LogP contribution in [0.15, 0.2) is 30.4 Å². The van der Waals surface area contributed by atoms with Crippen LogP contribution in [0.5, 0.6) is 0 Å². The highest BCUT2D eigenvalue weighted by Gasteiger charge is 2.59. The Kier molecular flexibility index (Phi) is 3.37. The van der Waals surface area contributed by atoms with Crippen molar-refractivity contribution in [2.45, 2.75) is 71.3 Å². The molecule has 4 aliphatic carbocycles. The van der Waals surface area contributed by atoms with Gasteiger partial charge in [-0.3, -0.25) is 4.79 Å². The zero-order valence-electron chi connectivity index (χ0n) is 15.6. The van der Waals surface area contributed by atoms with Gasteiger partial charge < -0.3 is 4.57 Å². The van der Waals surface area contributed by atoms with Gasteiger partial charge >= 0.3 is 0 Å². The van der Waals surface area contributed by atoms with E-state index < -0.39 is 0 Å². The standard InChI is InChI=1S/C22H30N2O/c1-21-9-7-16(25)13-15(21)3-4-17-18-5-6-20(24-12-11-23-14-24)22(18,2)10-8-19(17)21/h11-14,17-20H,3-10H2,1-2H3/t17?,18?,19?,20?,21-,22-/m0/s1. The van der Waals surface area contributed by atoms with Gasteiger partial charge in [0.2, 0.25) is 0 Å². The summed E-state index contributed by atoms with van der Waals surface area (Å²) in [5, 5.41) is 0. The van der Waals surface area contributed by atoms with Gasteiger partial charge in [0.05, 0.1) is 6.33 Å². The van der Waals surface area contributed by atoms with E-state index in [1.165, 1.54) is 37.7 Å². The molecule has 0 saturated heterocycles. The van der Waals surface area contributed by atoms with Gasteiger partial charge in [0.25, 0.3) is 0 Å². The summed E-state index contributed by atoms with van der Waals surface area (Å²) in [5.41, 5.74) is 2.20. The van der Waals surface area contributed by atoms with Crippen molar-refractivity contribution in [1.29, 1.82) is 0 Å². The van der Waals surface area contributed by atoms with Crippen LogP contribution in [0.4, 0.5) is 0 Å². The van der Waals surface area contributed by atoms with Gasteiger partial charge in [0, 0.05) is 24.9 Å². The number of rotatable bonds is 1. The summed E-state index contributed by atoms with van der Waals surface area (Å²) in [6.07, 6.45) is 17.8. The number of hydrogen-bond donors (Lipinski definition) is 0. The van der Waals surface area contributed by atoms with Gasteiger partial charge in [-0.05, 0) is 79.6 Å². The van der Waals surface area contributed by atoms with E-state index >= 15 is 0 Å². The predicted molar refractivity (Wildman–Crippen MR) is 98.0 cm³/mol. The quantitative estimate of drug-likeness (QED) is 0.725. The van der Waals surface area contributed by atoms with Gasteiger partial charge in [0.15, 0.2) is 5.78 Å². The fourth-order valence-corrected chi connectivity index (χ4v) is 7.48. The topological polar surface area (TPSA) is 34.9 Å². The van der Waals surface area contributed by atoms with Crippen molar-refractivity contribution in [3.8, 4) is 0 Å². The number of hydrogen-bond acceptors (Lipinski definition) is 2. The Hall–Kier alpha value is -1.38. The van der Waals surface area contributed by atoms with Crippen molar-refractivity contribution in [2.75, 3.05) is 0 Å². The van der Waals surface area contributed by atoms with Crippen molar-refractivity contribution in [1.82, 2.24) is 9.55 Å². The lowest BCUT2D eigenvalue weighted by molar-refractivity contribution is -0.117. The number of nitrogens with zero attached hydrogens (tertiary/aromatic N) is 2. The monoisotopic (exact) mass is 338 g/mol. The molecule has 3 saturated carbocycles. The smallest absolute Gasteiger partial charge is 0.155 e. The molecular weight excluding hydrogens is 308 g/mol. The minimum absolute atomic E-state index is 0.297. The molecule has 6 atom stereocenters. The van der Waals surface area contributed by atoms with Crippen molar-refractivity contribution in [2.24, 2.45) is 28.6 Å². The number of carbonyl (C=O) groups excluding carboxylic acids is 1. The predicted octanol–water partition coefficient (Wildman–Crippen LogP) is 4.96. The number of fused-ring (bicyclic) bond motifs is 5. The summed E-state index contributed by atoms with van der Waals surface area (Å²) in [5.74, 6) is 2.85. The Labute approximate surface area is 150 Å². The molecule has 25 heavy (non-hydrogen) atoms. The lowest BCUT2D eigenvalue weighted by Gasteiger charge is -2.58. The second kappa shape index (κ2) is 5.31. The summed E-state index contributed by atoms with van der Waals surface area (Å²) in [4.78, 5) is 16.3. The van der Waals surface area contributed by atoms with Crippen LogP contribution in [0.3, 0.4) is 0 Å². The molecule has 4 unspecified atom stereocenters. The summed E-state index contributed by atoms with van der Waals surface area (Å²) < 4.78 is 2.38. The first-order valence-electron chi connectivity index (χ1n) is 10.2. The van der Waals surface area contributed by atoms with E-state index in [9.17, 15) is 4.79 Å². The fraction of sp³-hybridized carbons (Fsp3) is 0.727. The molecule has 0 radical (unpaired) electrons. The lowest BCUT2D eigenvalue weighted by Crippen LogP contribution is -2.50. The van der Waals surface area contributed by atoms with Gasteiger partial charge in [-0.1, -0.05) is 19.4 Å². The number of aromatic nitrogens is 2. The van der Waals surface area contributed by atoms with E-state index in [0.717, 1.165) is 37.0 Å². The largest absolute Gasteiger partial charge is 0.334 e. The highest BCUT2D eigenvalue weighted by molar-refractivity contribution is 5.91. The summed E-state index contributed by atoms with van der Waals surface area (Å²) in [7, 11) is 0. The molecule has 0 N–H and O–H groups in total. The highest BCUT2D eigenvalue weighted by atomic mass is 16.1. The van der Waals surface area contributed by atoms with Crippen LogP contribution < -0.4 is 0 Å². The first-order chi connectivity index (χ1) is 12.0. The van der Waals surface area contributed by atoms with Crippen LogP contribution in [0, 0.1) is 28.6 Å². The van der Waals surface area contributed by atoms with E-state index in [-0.39, 0.29) is 0 Å². The molecule has 3 nitrogen and oxygen atoms in total. The first-order valence-corrected chi connectivity index (χ1v) is 10.2. The normalized spacial score (nSPS) is 46.2. The third-order valence-corrected chi connectivity index (χ3v) is 8.80. The Balaban J connectivity index is 1.48. The molecule has 3 fully saturated rings. The summed E-state index contributed by atoms with van der Waals surface area (Å²) >= 11 is 0. The Morgan fingerprint density at radius 2 is 1.96 bits per heavy atom. The molecule has 0 spiro atoms. The maximum atomic E-state index is 11.9. The highest BCUT2D eigenvalue weighted by Crippen LogP contribution is 2.67. The maximum Gasteiger partial charge on any atom is 0.155 e. The van der Waals surface area contributed by atoms with Crippen LogP contribution in [-0.4, -0.2) is 15.3 Å². The fourth-order valence-electron chi connectivity index (χ4n) is 7.48. The summed E-state index contributed by atoms with van der Waals surface area (Å²) in [6.45, 7) is 5.04. The average molecular weight is 338 g/mol. The second-order valence-electron chi connectivity index (χ2n) is 9.62. The molecule has 0 aliphatic heterocycles. The molecule has 1 heterocycles. The zero-order valence-corrected chi connectivity index (χ0v) is 15.6. The number of carbonyl (C=O) groups is 1. The summed E-state index contributed by atoms with van der Waals surface area (Å²) in [6, 6.07) is 0.624. The molecular formula is C22H30N2O. The van der Waals surface area contributed by atoms with E-state index in [2.05, 4.69) is 29.6 Å². The molecule has 0 aromatic carbocycles. The Bertz CT molecular complexity index is 720. The van der Waals surface area contributed by atoms with Crippen molar-refractivity contribution in [3.05, 3.63) is 30.4 Å². The third-order valence-electron chi connectivity index (χ3n) is 8.80. The SMILES string of the molecule is C[C@]12CCC3C(CCC4=CC(=O)CC[C@@]43C)C1CCC2n1ccnc1. The molecule has 3 heteroatoms. The van der Waals surface area contributed by atoms with Crippen LogP contribution in [0.2, 0.25) is 0 Å². The molecule has 5 rings (SSSR count). The van der Waals surface area contributed by atoms with Gasteiger partial charge in [0.1, 0.15) is 0 Å². The van der Waals surface area contributed by atoms with Crippen molar-refractivity contribution < 1.29 is 4.79 Å². The molecule has 0 bridgehead atoms. The Morgan fingerprint density at radius 3 is 2.76 bits per heavy atom. The van der Waals surface area contributed by atoms with E-state index in [1.54, 1.807) is 0 Å². The van der Waals surface area contributed by atoms with Gasteiger partial charge in [-0.25, -0.2) is 4.98 Å². The maximum absolute atomic E-state index is 11.9. The van der Waals surface area contributed by atoms with Crippen LogP contribution in [0.25, 0.3) is 0 Å². The number of ketones is 1. The van der Waals surface area contributed by atoms with E-state index in [1.807, 2.05) is 18.6 Å². The molecule has 4 aliphatic rings. The molecule has 134 valence electrons. The molecule has 0 amide bonds. The van der Waals surface area contributed by atoms with E-state index in [0.29, 0.717) is 22.7 Å². The number of allylic oxidation sites excluding steroid dienone is 1. The van der Waals surface area contributed by atoms with E-state index in [4.69, 9.17) is 0 Å². The van der Waals surface area contributed by atoms with Crippen molar-refractivity contribution in [3.63, 3.8) is 0 Å². The molecule has 1 aromatic heterocycles. The van der Waals surface area contributed by atoms with Gasteiger partial charge in [-0.2, -0.15) is 0 Å². The van der Waals surface area contributed by atoms with Gasteiger partial charge in [-0.15, -0.1) is 0 Å². The zero-order chi connectivity index (χ0) is 17.2. The third kappa shape index (κ3) is 2.10. The van der Waals surface area contributed by atoms with Crippen LogP contribution in [0.1, 0.15) is 71.3 Å². The molecule has 1 aromatic rings. The average Bonchev–Trinajstić information content (AvgIpc) is 3.22.